The van der Waals surface area contributed by atoms with Crippen LogP contribution in [0, 0.1) is 6.92 Å². The van der Waals surface area contributed by atoms with Gasteiger partial charge in [-0.05, 0) is 60.4 Å². The van der Waals surface area contributed by atoms with E-state index < -0.39 is 0 Å². The molecule has 23 heavy (non-hydrogen) atoms. The van der Waals surface area contributed by atoms with Gasteiger partial charge in [-0.15, -0.1) is 0 Å². The predicted octanol–water partition coefficient (Wildman–Crippen LogP) is 4.65. The van der Waals surface area contributed by atoms with Crippen LogP contribution in [-0.4, -0.2) is 19.7 Å². The fraction of sp³-hybridized carbons (Fsp3) is 0.211. The molecule has 0 aliphatic heterocycles. The number of aryl methyl sites for hydroxylation is 1. The Balaban J connectivity index is 2.52. The van der Waals surface area contributed by atoms with Gasteiger partial charge in [0, 0.05) is 11.1 Å². The van der Waals surface area contributed by atoms with Crippen molar-refractivity contribution in [3.63, 3.8) is 0 Å². The molecule has 120 valence electrons. The van der Waals surface area contributed by atoms with Crippen molar-refractivity contribution < 1.29 is 14.3 Å². The SMILES string of the molecule is CCOC(=O)C=C(c1ccc(OC)cc1)c1cc(C)cc(Cl)c1. The number of ether oxygens (including phenoxy) is 2. The monoisotopic (exact) mass is 330 g/mol. The molecule has 0 unspecified atom stereocenters. The average Bonchev–Trinajstić information content (AvgIpc) is 2.52. The molecular formula is C19H19ClO3. The van der Waals surface area contributed by atoms with E-state index >= 15 is 0 Å². The van der Waals surface area contributed by atoms with Gasteiger partial charge in [0.05, 0.1) is 13.7 Å². The molecule has 0 radical (unpaired) electrons. The summed E-state index contributed by atoms with van der Waals surface area (Å²) in [5.74, 6) is 0.377. The smallest absolute Gasteiger partial charge is 0.331 e. The number of halogens is 1. The molecular weight excluding hydrogens is 312 g/mol. The van der Waals surface area contributed by atoms with Crippen LogP contribution in [0.3, 0.4) is 0 Å². The minimum Gasteiger partial charge on any atom is -0.497 e. The fourth-order valence-corrected chi connectivity index (χ4v) is 2.59. The average molecular weight is 331 g/mol. The molecule has 3 nitrogen and oxygen atoms in total. The standard InChI is InChI=1S/C19H19ClO3/c1-4-23-19(21)12-18(14-5-7-17(22-3)8-6-14)15-9-13(2)10-16(20)11-15/h5-12H,4H2,1-3H3. The van der Waals surface area contributed by atoms with E-state index in [2.05, 4.69) is 0 Å². The van der Waals surface area contributed by atoms with E-state index in [1.165, 1.54) is 6.08 Å². The molecule has 0 saturated heterocycles. The molecule has 2 aromatic carbocycles. The maximum Gasteiger partial charge on any atom is 0.331 e. The van der Waals surface area contributed by atoms with Gasteiger partial charge in [0.15, 0.2) is 0 Å². The molecule has 0 N–H and O–H groups in total. The van der Waals surface area contributed by atoms with E-state index in [1.807, 2.05) is 49.4 Å². The van der Waals surface area contributed by atoms with E-state index in [4.69, 9.17) is 21.1 Å². The first-order chi connectivity index (χ1) is 11.0. The molecule has 2 rings (SSSR count). The van der Waals surface area contributed by atoms with Crippen LogP contribution in [0.15, 0.2) is 48.5 Å². The lowest BCUT2D eigenvalue weighted by molar-refractivity contribution is -0.137. The number of hydrogen-bond acceptors (Lipinski definition) is 3. The minimum absolute atomic E-state index is 0.333. The Bertz CT molecular complexity index is 698. The summed E-state index contributed by atoms with van der Waals surface area (Å²) in [6, 6.07) is 13.2. The summed E-state index contributed by atoms with van der Waals surface area (Å²) in [4.78, 5) is 11.9. The quantitative estimate of drug-likeness (QED) is 0.591. The number of esters is 1. The van der Waals surface area contributed by atoms with Crippen LogP contribution < -0.4 is 4.74 Å². The van der Waals surface area contributed by atoms with E-state index in [9.17, 15) is 4.79 Å². The Labute approximate surface area is 141 Å². The second-order valence-electron chi connectivity index (χ2n) is 5.06. The van der Waals surface area contributed by atoms with Gasteiger partial charge in [-0.3, -0.25) is 0 Å². The van der Waals surface area contributed by atoms with Crippen LogP contribution in [0.5, 0.6) is 5.75 Å². The second kappa shape index (κ2) is 7.84. The first-order valence-electron chi connectivity index (χ1n) is 7.34. The van der Waals surface area contributed by atoms with Crippen molar-refractivity contribution in [3.8, 4) is 5.75 Å². The summed E-state index contributed by atoms with van der Waals surface area (Å²) < 4.78 is 10.2. The highest BCUT2D eigenvalue weighted by molar-refractivity contribution is 6.30. The van der Waals surface area contributed by atoms with E-state index in [1.54, 1.807) is 14.0 Å². The predicted molar refractivity (Wildman–Crippen MR) is 92.9 cm³/mol. The van der Waals surface area contributed by atoms with Crippen molar-refractivity contribution in [2.24, 2.45) is 0 Å². The molecule has 0 aliphatic rings. The second-order valence-corrected chi connectivity index (χ2v) is 5.49. The third-order valence-electron chi connectivity index (χ3n) is 3.30. The topological polar surface area (TPSA) is 35.5 Å². The van der Waals surface area contributed by atoms with Gasteiger partial charge in [0.1, 0.15) is 5.75 Å². The first-order valence-corrected chi connectivity index (χ1v) is 7.71. The fourth-order valence-electron chi connectivity index (χ4n) is 2.30. The lowest BCUT2D eigenvalue weighted by Crippen LogP contribution is -2.02. The van der Waals surface area contributed by atoms with Crippen LogP contribution >= 0.6 is 11.6 Å². The molecule has 0 saturated carbocycles. The molecule has 0 heterocycles. The van der Waals surface area contributed by atoms with Crippen molar-refractivity contribution in [1.82, 2.24) is 0 Å². The van der Waals surface area contributed by atoms with E-state index in [-0.39, 0.29) is 5.97 Å². The Hall–Kier alpha value is -2.26. The van der Waals surface area contributed by atoms with Gasteiger partial charge in [0.2, 0.25) is 0 Å². The summed E-state index contributed by atoms with van der Waals surface area (Å²) in [6.07, 6.45) is 1.50. The van der Waals surface area contributed by atoms with Crippen LogP contribution in [0.1, 0.15) is 23.6 Å². The minimum atomic E-state index is -0.379. The number of methoxy groups -OCH3 is 1. The Kier molecular flexibility index (Phi) is 5.83. The Morgan fingerprint density at radius 3 is 2.39 bits per heavy atom. The van der Waals surface area contributed by atoms with Crippen molar-refractivity contribution in [2.45, 2.75) is 13.8 Å². The molecule has 0 atom stereocenters. The molecule has 2 aromatic rings. The summed E-state index contributed by atoms with van der Waals surface area (Å²) in [5, 5.41) is 0.628. The third kappa shape index (κ3) is 4.60. The van der Waals surface area contributed by atoms with Crippen molar-refractivity contribution in [1.29, 1.82) is 0 Å². The molecule has 0 spiro atoms. The maximum absolute atomic E-state index is 11.9. The molecule has 0 amide bonds. The first kappa shape index (κ1) is 17.1. The number of benzene rings is 2. The number of carbonyl (C=O) groups is 1. The van der Waals surface area contributed by atoms with Crippen molar-refractivity contribution >= 4 is 23.1 Å². The summed E-state index contributed by atoms with van der Waals surface area (Å²) in [7, 11) is 1.62. The van der Waals surface area contributed by atoms with Gasteiger partial charge in [-0.25, -0.2) is 4.79 Å². The van der Waals surface area contributed by atoms with Gasteiger partial charge in [0.25, 0.3) is 0 Å². The molecule has 4 heteroatoms. The third-order valence-corrected chi connectivity index (χ3v) is 3.52. The summed E-state index contributed by atoms with van der Waals surface area (Å²) in [6.45, 7) is 4.08. The van der Waals surface area contributed by atoms with Gasteiger partial charge < -0.3 is 9.47 Å². The summed E-state index contributed by atoms with van der Waals surface area (Å²) >= 11 is 6.16. The number of hydrogen-bond donors (Lipinski definition) is 0. The largest absolute Gasteiger partial charge is 0.497 e. The van der Waals surface area contributed by atoms with Crippen LogP contribution in [0.2, 0.25) is 5.02 Å². The highest BCUT2D eigenvalue weighted by atomic mass is 35.5. The highest BCUT2D eigenvalue weighted by Gasteiger charge is 2.10. The zero-order valence-electron chi connectivity index (χ0n) is 13.4. The number of carbonyl (C=O) groups excluding carboxylic acids is 1. The number of rotatable bonds is 5. The van der Waals surface area contributed by atoms with Gasteiger partial charge >= 0.3 is 5.97 Å². The van der Waals surface area contributed by atoms with Crippen molar-refractivity contribution in [2.75, 3.05) is 13.7 Å². The van der Waals surface area contributed by atoms with Crippen LogP contribution in [0.25, 0.3) is 5.57 Å². The highest BCUT2D eigenvalue weighted by Crippen LogP contribution is 2.28. The molecule has 0 fully saturated rings. The van der Waals surface area contributed by atoms with Crippen molar-refractivity contribution in [3.05, 3.63) is 70.3 Å². The molecule has 0 bridgehead atoms. The summed E-state index contributed by atoms with van der Waals surface area (Å²) in [5.41, 5.74) is 3.54. The Morgan fingerprint density at radius 1 is 1.13 bits per heavy atom. The van der Waals surface area contributed by atoms with Gasteiger partial charge in [-0.1, -0.05) is 29.8 Å². The van der Waals surface area contributed by atoms with E-state index in [0.29, 0.717) is 11.6 Å². The van der Waals surface area contributed by atoms with Gasteiger partial charge in [-0.2, -0.15) is 0 Å². The lowest BCUT2D eigenvalue weighted by atomic mass is 9.96. The zero-order valence-corrected chi connectivity index (χ0v) is 14.2. The Morgan fingerprint density at radius 2 is 1.83 bits per heavy atom. The maximum atomic E-state index is 11.9. The van der Waals surface area contributed by atoms with E-state index in [0.717, 1.165) is 28.0 Å². The van der Waals surface area contributed by atoms with Crippen LogP contribution in [-0.2, 0) is 9.53 Å². The normalized spacial score (nSPS) is 11.2. The molecule has 0 aromatic heterocycles. The van der Waals surface area contributed by atoms with Crippen LogP contribution in [0.4, 0.5) is 0 Å². The lowest BCUT2D eigenvalue weighted by Gasteiger charge is -2.11. The molecule has 0 aliphatic carbocycles. The zero-order chi connectivity index (χ0) is 16.8.